The van der Waals surface area contributed by atoms with E-state index in [0.29, 0.717) is 42.5 Å². The van der Waals surface area contributed by atoms with E-state index in [-0.39, 0.29) is 45.0 Å². The molecule has 260 valence electrons. The first kappa shape index (κ1) is 35.4. The van der Waals surface area contributed by atoms with E-state index >= 15 is 8.78 Å². The topological polar surface area (TPSA) is 71.8 Å². The van der Waals surface area contributed by atoms with Crippen molar-refractivity contribution < 1.29 is 27.5 Å². The first-order chi connectivity index (χ1) is 22.9. The van der Waals surface area contributed by atoms with Crippen molar-refractivity contribution >= 4 is 26.0 Å². The Bertz CT molecular complexity index is 1850. The molecule has 0 spiro atoms. The van der Waals surface area contributed by atoms with Crippen molar-refractivity contribution in [3.05, 3.63) is 86.9 Å². The van der Waals surface area contributed by atoms with Crippen molar-refractivity contribution in [1.29, 1.82) is 5.26 Å². The van der Waals surface area contributed by atoms with Crippen LogP contribution in [0.2, 0.25) is 23.2 Å². The third-order valence-electron chi connectivity index (χ3n) is 10.7. The number of rotatable bonds is 5. The zero-order chi connectivity index (χ0) is 35.7. The van der Waals surface area contributed by atoms with Crippen LogP contribution in [-0.4, -0.2) is 37.5 Å². The highest BCUT2D eigenvalue weighted by molar-refractivity contribution is 6.74. The molecule has 1 amide bonds. The van der Waals surface area contributed by atoms with E-state index in [1.807, 2.05) is 51.1 Å². The highest BCUT2D eigenvalue weighted by Gasteiger charge is 2.54. The SMILES string of the molecule is CC(C)(C)OC(=O)N1CCC[C@H]1[C@@]1(c2ccccc2)Cc2c(cc(F)c(Cl)c2-c2c(C#N)cc3c(c2F)CCC3O[Si](C)(C)C(C)(C)C)O1. The van der Waals surface area contributed by atoms with Gasteiger partial charge in [0.2, 0.25) is 0 Å². The standard InChI is InChI=1S/C39H45ClF2N2O4Si/c1-37(2,3)47-36(45)44-18-12-15-31(44)39(24-13-10-9-11-14-24)21-27-30(46-39)20-28(41)34(40)33(27)32-23(22-43)19-26-25(35(32)42)16-17-29(26)48-49(7,8)38(4,5)6/h9-11,13-14,19-20,29,31H,12,15-18,21H2,1-8H3/t29?,31-,39-/m0/s1. The molecule has 1 fully saturated rings. The number of hydrogen-bond donors (Lipinski definition) is 0. The molecule has 10 heteroatoms. The molecule has 0 radical (unpaired) electrons. The molecule has 6 rings (SSSR count). The lowest BCUT2D eigenvalue weighted by Gasteiger charge is -2.40. The predicted octanol–water partition coefficient (Wildman–Crippen LogP) is 10.4. The average molecular weight is 707 g/mol. The number of nitrogens with zero attached hydrogens (tertiary/aromatic N) is 2. The Morgan fingerprint density at radius 1 is 1.06 bits per heavy atom. The van der Waals surface area contributed by atoms with Crippen LogP contribution in [0.15, 0.2) is 42.5 Å². The molecule has 3 aliphatic rings. The zero-order valence-electron chi connectivity index (χ0n) is 29.6. The summed E-state index contributed by atoms with van der Waals surface area (Å²) in [7, 11) is -2.21. The normalized spacial score (nSPS) is 22.0. The van der Waals surface area contributed by atoms with E-state index in [0.717, 1.165) is 12.0 Å². The minimum atomic E-state index is -2.21. The number of carbonyl (C=O) groups excluding carboxylic acids is 1. The number of nitriles is 1. The number of ether oxygens (including phenoxy) is 2. The fourth-order valence-corrected chi connectivity index (χ4v) is 8.96. The fourth-order valence-electron chi connectivity index (χ4n) is 7.38. The first-order valence-electron chi connectivity index (χ1n) is 17.1. The van der Waals surface area contributed by atoms with Gasteiger partial charge in [0.1, 0.15) is 23.0 Å². The molecule has 0 bridgehead atoms. The molecule has 1 aliphatic carbocycles. The quantitative estimate of drug-likeness (QED) is 0.247. The lowest BCUT2D eigenvalue weighted by molar-refractivity contribution is -0.0216. The molecule has 3 atom stereocenters. The van der Waals surface area contributed by atoms with Gasteiger partial charge in [-0.05, 0) is 87.3 Å². The second-order valence-corrected chi connectivity index (χ2v) is 21.2. The maximum Gasteiger partial charge on any atom is 0.410 e. The van der Waals surface area contributed by atoms with E-state index in [1.54, 1.807) is 11.0 Å². The van der Waals surface area contributed by atoms with Gasteiger partial charge in [0, 0.05) is 35.7 Å². The van der Waals surface area contributed by atoms with Crippen LogP contribution in [0.3, 0.4) is 0 Å². The van der Waals surface area contributed by atoms with Crippen LogP contribution in [0, 0.1) is 23.0 Å². The summed E-state index contributed by atoms with van der Waals surface area (Å²) in [5, 5.41) is 10.1. The number of halogens is 3. The van der Waals surface area contributed by atoms with Crippen LogP contribution in [0.1, 0.15) is 94.7 Å². The second-order valence-electron chi connectivity index (χ2n) is 16.1. The Labute approximate surface area is 294 Å². The molecule has 0 saturated carbocycles. The molecule has 3 aromatic rings. The summed E-state index contributed by atoms with van der Waals surface area (Å²) in [4.78, 5) is 15.2. The van der Waals surface area contributed by atoms with Gasteiger partial charge in [-0.25, -0.2) is 13.6 Å². The monoisotopic (exact) mass is 706 g/mol. The Morgan fingerprint density at radius 2 is 1.76 bits per heavy atom. The van der Waals surface area contributed by atoms with Crippen molar-refractivity contribution in [1.82, 2.24) is 4.90 Å². The van der Waals surface area contributed by atoms with Gasteiger partial charge in [-0.1, -0.05) is 62.7 Å². The minimum absolute atomic E-state index is 0.0298. The number of fused-ring (bicyclic) bond motifs is 2. The third kappa shape index (κ3) is 6.15. The molecule has 2 heterocycles. The fraction of sp³-hybridized carbons (Fsp3) is 0.487. The minimum Gasteiger partial charge on any atom is -0.480 e. The van der Waals surface area contributed by atoms with Crippen molar-refractivity contribution in [3.63, 3.8) is 0 Å². The van der Waals surface area contributed by atoms with Crippen molar-refractivity contribution in [2.24, 2.45) is 0 Å². The summed E-state index contributed by atoms with van der Waals surface area (Å²) in [6, 6.07) is 14.2. The number of amides is 1. The van der Waals surface area contributed by atoms with E-state index in [4.69, 9.17) is 25.5 Å². The summed E-state index contributed by atoms with van der Waals surface area (Å²) in [6.07, 6.45) is 1.71. The Morgan fingerprint density at radius 3 is 2.39 bits per heavy atom. The van der Waals surface area contributed by atoms with Crippen LogP contribution in [0.25, 0.3) is 11.1 Å². The highest BCUT2D eigenvalue weighted by Crippen LogP contribution is 2.54. The lowest BCUT2D eigenvalue weighted by Crippen LogP contribution is -2.53. The molecular formula is C39H45ClF2N2O4Si. The van der Waals surface area contributed by atoms with Gasteiger partial charge in [-0.15, -0.1) is 0 Å². The van der Waals surface area contributed by atoms with E-state index < -0.39 is 43.3 Å². The van der Waals surface area contributed by atoms with Gasteiger partial charge < -0.3 is 18.8 Å². The molecule has 1 unspecified atom stereocenters. The largest absolute Gasteiger partial charge is 0.480 e. The molecule has 0 aromatic heterocycles. The van der Waals surface area contributed by atoms with Crippen LogP contribution >= 0.6 is 11.6 Å². The van der Waals surface area contributed by atoms with E-state index in [2.05, 4.69) is 39.9 Å². The van der Waals surface area contributed by atoms with Gasteiger partial charge in [0.25, 0.3) is 0 Å². The maximum atomic E-state index is 17.0. The Hall–Kier alpha value is -3.45. The van der Waals surface area contributed by atoms with Gasteiger partial charge >= 0.3 is 6.09 Å². The highest BCUT2D eigenvalue weighted by atomic mass is 35.5. The van der Waals surface area contributed by atoms with Crippen LogP contribution < -0.4 is 4.74 Å². The zero-order valence-corrected chi connectivity index (χ0v) is 31.4. The Balaban J connectivity index is 1.49. The molecular weight excluding hydrogens is 662 g/mol. The lowest BCUT2D eigenvalue weighted by atomic mass is 9.79. The van der Waals surface area contributed by atoms with Crippen LogP contribution in [-0.2, 0) is 27.6 Å². The van der Waals surface area contributed by atoms with Crippen LogP contribution in [0.5, 0.6) is 5.75 Å². The van der Waals surface area contributed by atoms with Gasteiger partial charge in [0.15, 0.2) is 13.9 Å². The van der Waals surface area contributed by atoms with Crippen molar-refractivity contribution in [2.75, 3.05) is 6.54 Å². The number of benzene rings is 3. The van der Waals surface area contributed by atoms with E-state index in [1.165, 1.54) is 6.07 Å². The van der Waals surface area contributed by atoms with Crippen LogP contribution in [0.4, 0.5) is 13.6 Å². The van der Waals surface area contributed by atoms with Gasteiger partial charge in [0.05, 0.1) is 28.8 Å². The Kier molecular flexibility index (Phi) is 8.95. The number of likely N-dealkylation sites (tertiary alicyclic amines) is 1. The van der Waals surface area contributed by atoms with Crippen molar-refractivity contribution in [3.8, 4) is 22.9 Å². The molecule has 49 heavy (non-hydrogen) atoms. The molecule has 6 nitrogen and oxygen atoms in total. The van der Waals surface area contributed by atoms with E-state index in [9.17, 15) is 10.1 Å². The summed E-state index contributed by atoms with van der Waals surface area (Å²) < 4.78 is 52.1. The number of carbonyl (C=O) groups is 1. The average Bonchev–Trinajstić information content (AvgIpc) is 3.75. The predicted molar refractivity (Wildman–Crippen MR) is 189 cm³/mol. The summed E-state index contributed by atoms with van der Waals surface area (Å²) >= 11 is 6.77. The summed E-state index contributed by atoms with van der Waals surface area (Å²) in [5.74, 6) is -1.16. The summed E-state index contributed by atoms with van der Waals surface area (Å²) in [5.41, 5.74) is 0.701. The molecule has 2 aliphatic heterocycles. The molecule has 3 aromatic carbocycles. The number of hydrogen-bond acceptors (Lipinski definition) is 5. The second kappa shape index (κ2) is 12.4. The molecule has 1 saturated heterocycles. The van der Waals surface area contributed by atoms with Crippen molar-refractivity contribution in [2.45, 2.75) is 115 Å². The third-order valence-corrected chi connectivity index (χ3v) is 15.6. The molecule has 0 N–H and O–H groups in total. The van der Waals surface area contributed by atoms with Gasteiger partial charge in [-0.3, -0.25) is 0 Å². The van der Waals surface area contributed by atoms with Gasteiger partial charge in [-0.2, -0.15) is 5.26 Å². The smallest absolute Gasteiger partial charge is 0.410 e. The maximum absolute atomic E-state index is 17.0. The summed E-state index contributed by atoms with van der Waals surface area (Å²) in [6.45, 7) is 16.7. The first-order valence-corrected chi connectivity index (χ1v) is 20.4.